The van der Waals surface area contributed by atoms with E-state index in [1.807, 2.05) is 18.2 Å². The van der Waals surface area contributed by atoms with Gasteiger partial charge in [-0.1, -0.05) is 12.1 Å². The molecule has 2 heterocycles. The number of nitrogens with one attached hydrogen (secondary N) is 2. The Bertz CT molecular complexity index is 795. The smallest absolute Gasteiger partial charge is 0.255 e. The van der Waals surface area contributed by atoms with Crippen molar-refractivity contribution in [3.63, 3.8) is 0 Å². The van der Waals surface area contributed by atoms with Gasteiger partial charge in [-0.15, -0.1) is 12.4 Å². The molecule has 0 aliphatic carbocycles. The van der Waals surface area contributed by atoms with Crippen LogP contribution in [0.4, 0.5) is 10.1 Å². The molecule has 2 aromatic rings. The number of anilines is 1. The number of hydrogen-bond donors (Lipinski definition) is 2. The number of fused-ring (bicyclic) bond motifs is 2. The fourth-order valence-electron chi connectivity index (χ4n) is 3.14. The molecule has 6 heteroatoms. The second-order valence-electron chi connectivity index (χ2n) is 5.92. The Hall–Kier alpha value is -1.95. The SMILES string of the molecule is Cl.O=C(Nc1ccc2c(c1F)CCNC2)c1ccc2c(c1)COC2. The van der Waals surface area contributed by atoms with Gasteiger partial charge >= 0.3 is 0 Å². The summed E-state index contributed by atoms with van der Waals surface area (Å²) in [5.41, 5.74) is 4.55. The van der Waals surface area contributed by atoms with Crippen LogP contribution in [-0.4, -0.2) is 12.5 Å². The molecule has 0 spiro atoms. The van der Waals surface area contributed by atoms with Crippen molar-refractivity contribution in [2.45, 2.75) is 26.2 Å². The van der Waals surface area contributed by atoms with Gasteiger partial charge in [-0.05, 0) is 53.4 Å². The quantitative estimate of drug-likeness (QED) is 0.876. The second-order valence-corrected chi connectivity index (χ2v) is 5.92. The van der Waals surface area contributed by atoms with Gasteiger partial charge in [0.1, 0.15) is 5.82 Å². The number of amides is 1. The molecular formula is C18H18ClFN2O2. The van der Waals surface area contributed by atoms with Crippen LogP contribution >= 0.6 is 12.4 Å². The van der Waals surface area contributed by atoms with Crippen molar-refractivity contribution in [3.8, 4) is 0 Å². The molecule has 0 aromatic heterocycles. The predicted octanol–water partition coefficient (Wildman–Crippen LogP) is 3.18. The number of hydrogen-bond acceptors (Lipinski definition) is 3. The van der Waals surface area contributed by atoms with Gasteiger partial charge in [0.15, 0.2) is 0 Å². The number of rotatable bonds is 2. The highest BCUT2D eigenvalue weighted by molar-refractivity contribution is 6.04. The summed E-state index contributed by atoms with van der Waals surface area (Å²) in [5.74, 6) is -0.616. The number of carbonyl (C=O) groups is 1. The van der Waals surface area contributed by atoms with E-state index >= 15 is 0 Å². The standard InChI is InChI=1S/C18H17FN2O2.ClH/c19-17-15-5-6-20-8-12(15)3-4-16(17)21-18(22)11-1-2-13-9-23-10-14(13)7-11;/h1-4,7,20H,5-6,8-10H2,(H,21,22);1H. The molecule has 0 saturated heterocycles. The summed E-state index contributed by atoms with van der Waals surface area (Å²) < 4.78 is 19.9. The average molecular weight is 349 g/mol. The minimum atomic E-state index is -0.318. The van der Waals surface area contributed by atoms with Gasteiger partial charge in [0.05, 0.1) is 18.9 Å². The molecular weight excluding hydrogens is 331 g/mol. The zero-order valence-electron chi connectivity index (χ0n) is 13.0. The summed E-state index contributed by atoms with van der Waals surface area (Å²) in [6.07, 6.45) is 0.640. The van der Waals surface area contributed by atoms with Gasteiger partial charge in [-0.3, -0.25) is 4.79 Å². The van der Waals surface area contributed by atoms with Crippen LogP contribution in [0, 0.1) is 5.82 Å². The third-order valence-electron chi connectivity index (χ3n) is 4.44. The van der Waals surface area contributed by atoms with Crippen molar-refractivity contribution in [3.05, 3.63) is 64.0 Å². The van der Waals surface area contributed by atoms with E-state index in [4.69, 9.17) is 4.74 Å². The van der Waals surface area contributed by atoms with E-state index < -0.39 is 0 Å². The van der Waals surface area contributed by atoms with Crippen molar-refractivity contribution in [1.29, 1.82) is 0 Å². The van der Waals surface area contributed by atoms with E-state index in [2.05, 4.69) is 10.6 Å². The van der Waals surface area contributed by atoms with Gasteiger partial charge in [0.2, 0.25) is 0 Å². The molecule has 0 bridgehead atoms. The maximum Gasteiger partial charge on any atom is 0.255 e. The number of ether oxygens (including phenoxy) is 1. The number of benzene rings is 2. The molecule has 2 N–H and O–H groups in total. The molecule has 2 aliphatic rings. The van der Waals surface area contributed by atoms with E-state index in [-0.39, 0.29) is 29.8 Å². The molecule has 4 nitrogen and oxygen atoms in total. The lowest BCUT2D eigenvalue weighted by molar-refractivity contribution is 0.102. The van der Waals surface area contributed by atoms with Gasteiger partial charge in [-0.25, -0.2) is 4.39 Å². The summed E-state index contributed by atoms with van der Waals surface area (Å²) in [6.45, 7) is 2.54. The molecule has 2 aliphatic heterocycles. The Morgan fingerprint density at radius 3 is 2.79 bits per heavy atom. The van der Waals surface area contributed by atoms with Gasteiger partial charge in [0, 0.05) is 12.1 Å². The van der Waals surface area contributed by atoms with Gasteiger partial charge in [-0.2, -0.15) is 0 Å². The van der Waals surface area contributed by atoms with Crippen molar-refractivity contribution in [2.75, 3.05) is 11.9 Å². The van der Waals surface area contributed by atoms with Crippen LogP contribution in [0.3, 0.4) is 0 Å². The van der Waals surface area contributed by atoms with E-state index in [1.165, 1.54) is 0 Å². The van der Waals surface area contributed by atoms with E-state index in [0.29, 0.717) is 37.3 Å². The Morgan fingerprint density at radius 1 is 1.12 bits per heavy atom. The lowest BCUT2D eigenvalue weighted by atomic mass is 9.99. The van der Waals surface area contributed by atoms with Crippen LogP contribution < -0.4 is 10.6 Å². The van der Waals surface area contributed by atoms with Gasteiger partial charge in [0.25, 0.3) is 5.91 Å². The molecule has 1 amide bonds. The second kappa shape index (κ2) is 6.89. The highest BCUT2D eigenvalue weighted by atomic mass is 35.5. The van der Waals surface area contributed by atoms with Crippen molar-refractivity contribution in [2.24, 2.45) is 0 Å². The summed E-state index contributed by atoms with van der Waals surface area (Å²) in [4.78, 5) is 12.4. The fourth-order valence-corrected chi connectivity index (χ4v) is 3.14. The lowest BCUT2D eigenvalue weighted by Crippen LogP contribution is -2.25. The number of carbonyl (C=O) groups excluding carboxylic acids is 1. The van der Waals surface area contributed by atoms with Crippen LogP contribution in [0.25, 0.3) is 0 Å². The third kappa shape index (κ3) is 3.02. The highest BCUT2D eigenvalue weighted by Crippen LogP contribution is 2.26. The van der Waals surface area contributed by atoms with Crippen LogP contribution in [0.2, 0.25) is 0 Å². The van der Waals surface area contributed by atoms with Crippen molar-refractivity contribution in [1.82, 2.24) is 5.32 Å². The molecule has 126 valence electrons. The maximum atomic E-state index is 14.6. The van der Waals surface area contributed by atoms with Crippen molar-refractivity contribution >= 4 is 24.0 Å². The molecule has 24 heavy (non-hydrogen) atoms. The first-order chi connectivity index (χ1) is 11.2. The van der Waals surface area contributed by atoms with Crippen LogP contribution in [0.15, 0.2) is 30.3 Å². The van der Waals surface area contributed by atoms with E-state index in [0.717, 1.165) is 23.2 Å². The highest BCUT2D eigenvalue weighted by Gasteiger charge is 2.19. The molecule has 0 saturated carbocycles. The number of halogens is 2. The molecule has 0 fully saturated rings. The van der Waals surface area contributed by atoms with E-state index in [9.17, 15) is 9.18 Å². The average Bonchev–Trinajstić information content (AvgIpc) is 3.05. The first-order valence-electron chi connectivity index (χ1n) is 7.74. The largest absolute Gasteiger partial charge is 0.372 e. The van der Waals surface area contributed by atoms with Crippen molar-refractivity contribution < 1.29 is 13.9 Å². The van der Waals surface area contributed by atoms with Crippen LogP contribution in [0.1, 0.15) is 32.6 Å². The molecule has 0 radical (unpaired) electrons. The Balaban J connectivity index is 0.00000169. The minimum absolute atomic E-state index is 0. The normalized spacial score (nSPS) is 15.2. The lowest BCUT2D eigenvalue weighted by Gasteiger charge is -2.19. The zero-order chi connectivity index (χ0) is 15.8. The maximum absolute atomic E-state index is 14.6. The summed E-state index contributed by atoms with van der Waals surface area (Å²) >= 11 is 0. The Morgan fingerprint density at radius 2 is 1.92 bits per heavy atom. The zero-order valence-corrected chi connectivity index (χ0v) is 13.8. The van der Waals surface area contributed by atoms with Crippen LogP contribution in [-0.2, 0) is 30.9 Å². The summed E-state index contributed by atoms with van der Waals surface area (Å²) in [7, 11) is 0. The summed E-state index contributed by atoms with van der Waals surface area (Å²) in [5, 5.41) is 5.90. The Kier molecular flexibility index (Phi) is 4.85. The molecule has 0 atom stereocenters. The molecule has 0 unspecified atom stereocenters. The molecule has 2 aromatic carbocycles. The minimum Gasteiger partial charge on any atom is -0.372 e. The fraction of sp³-hybridized carbons (Fsp3) is 0.278. The third-order valence-corrected chi connectivity index (χ3v) is 4.44. The molecule has 4 rings (SSSR count). The Labute approximate surface area is 145 Å². The topological polar surface area (TPSA) is 50.4 Å². The van der Waals surface area contributed by atoms with Crippen LogP contribution in [0.5, 0.6) is 0 Å². The summed E-state index contributed by atoms with van der Waals surface area (Å²) in [6, 6.07) is 8.97. The first-order valence-corrected chi connectivity index (χ1v) is 7.74. The van der Waals surface area contributed by atoms with Gasteiger partial charge < -0.3 is 15.4 Å². The van der Waals surface area contributed by atoms with E-state index in [1.54, 1.807) is 12.1 Å². The predicted molar refractivity (Wildman–Crippen MR) is 91.9 cm³/mol. The monoisotopic (exact) mass is 348 g/mol. The first kappa shape index (κ1) is 16.9.